The third-order valence-electron chi connectivity index (χ3n) is 4.19. The van der Waals surface area contributed by atoms with Crippen molar-refractivity contribution in [3.63, 3.8) is 0 Å². The smallest absolute Gasteiger partial charge is 0.244 e. The average Bonchev–Trinajstić information content (AvgIpc) is 2.71. The Labute approximate surface area is 167 Å². The molecule has 0 aromatic heterocycles. The van der Waals surface area contributed by atoms with Gasteiger partial charge in [0.2, 0.25) is 5.91 Å². The summed E-state index contributed by atoms with van der Waals surface area (Å²) in [6.45, 7) is 5.39. The molecule has 1 amide bonds. The fraction of sp³-hybridized carbons (Fsp3) is 0.348. The fourth-order valence-corrected chi connectivity index (χ4v) is 2.48. The molecule has 150 valence electrons. The molecular formula is C23H29NO4. The van der Waals surface area contributed by atoms with E-state index >= 15 is 0 Å². The van der Waals surface area contributed by atoms with Crippen molar-refractivity contribution in [1.29, 1.82) is 0 Å². The van der Waals surface area contributed by atoms with Gasteiger partial charge in [0.15, 0.2) is 11.5 Å². The summed E-state index contributed by atoms with van der Waals surface area (Å²) in [7, 11) is 3.24. The maximum Gasteiger partial charge on any atom is 0.244 e. The maximum absolute atomic E-state index is 12.1. The van der Waals surface area contributed by atoms with Crippen LogP contribution in [-0.2, 0) is 11.3 Å². The van der Waals surface area contributed by atoms with Crippen molar-refractivity contribution in [1.82, 2.24) is 5.32 Å². The zero-order chi connectivity index (χ0) is 20.4. The standard InChI is InChI=1S/C23H29NO4/c1-17(2)13-14-28-21-11-7-19(15-22(21)27-4)16-24-23(25)12-8-18-5-9-20(26-3)10-6-18/h5-12,15,17H,13-14,16H2,1-4H3,(H,24,25)/b12-8+. The number of methoxy groups -OCH3 is 2. The minimum Gasteiger partial charge on any atom is -0.497 e. The van der Waals surface area contributed by atoms with Crippen LogP contribution in [0.15, 0.2) is 48.5 Å². The van der Waals surface area contributed by atoms with Crippen molar-refractivity contribution >= 4 is 12.0 Å². The summed E-state index contributed by atoms with van der Waals surface area (Å²) in [5, 5.41) is 2.87. The molecule has 1 N–H and O–H groups in total. The highest BCUT2D eigenvalue weighted by Gasteiger charge is 2.07. The Morgan fingerprint density at radius 3 is 2.43 bits per heavy atom. The molecule has 0 bridgehead atoms. The second-order valence-corrected chi connectivity index (χ2v) is 6.84. The second kappa shape index (κ2) is 11.0. The molecule has 5 heteroatoms. The number of ether oxygens (including phenoxy) is 3. The molecule has 2 rings (SSSR count). The van der Waals surface area contributed by atoms with Crippen LogP contribution >= 0.6 is 0 Å². The molecule has 0 saturated carbocycles. The SMILES string of the molecule is COc1ccc(/C=C/C(=O)NCc2ccc(OCCC(C)C)c(OC)c2)cc1. The number of amides is 1. The van der Waals surface area contributed by atoms with E-state index in [0.29, 0.717) is 24.8 Å². The Balaban J connectivity index is 1.88. The van der Waals surface area contributed by atoms with Gasteiger partial charge < -0.3 is 19.5 Å². The molecule has 0 aliphatic carbocycles. The predicted octanol–water partition coefficient (Wildman–Crippen LogP) is 4.46. The minimum absolute atomic E-state index is 0.160. The lowest BCUT2D eigenvalue weighted by atomic mass is 10.1. The largest absolute Gasteiger partial charge is 0.497 e. The van der Waals surface area contributed by atoms with Crippen molar-refractivity contribution in [2.45, 2.75) is 26.8 Å². The van der Waals surface area contributed by atoms with Gasteiger partial charge in [-0.05, 0) is 53.8 Å². The van der Waals surface area contributed by atoms with Gasteiger partial charge >= 0.3 is 0 Å². The molecule has 2 aromatic carbocycles. The Hall–Kier alpha value is -2.95. The zero-order valence-electron chi connectivity index (χ0n) is 17.0. The van der Waals surface area contributed by atoms with Gasteiger partial charge in [-0.3, -0.25) is 4.79 Å². The number of hydrogen-bond acceptors (Lipinski definition) is 4. The molecule has 5 nitrogen and oxygen atoms in total. The van der Waals surface area contributed by atoms with E-state index in [1.54, 1.807) is 20.3 Å². The van der Waals surface area contributed by atoms with Crippen LogP contribution in [0.1, 0.15) is 31.4 Å². The van der Waals surface area contributed by atoms with Crippen LogP contribution in [0.5, 0.6) is 17.2 Å². The average molecular weight is 383 g/mol. The molecule has 2 aromatic rings. The van der Waals surface area contributed by atoms with Crippen molar-refractivity contribution in [2.24, 2.45) is 5.92 Å². The molecule has 0 aliphatic rings. The first-order chi connectivity index (χ1) is 13.5. The van der Waals surface area contributed by atoms with E-state index in [4.69, 9.17) is 14.2 Å². The van der Waals surface area contributed by atoms with Gasteiger partial charge in [-0.1, -0.05) is 32.0 Å². The van der Waals surface area contributed by atoms with Crippen LogP contribution in [0.3, 0.4) is 0 Å². The van der Waals surface area contributed by atoms with Gasteiger partial charge in [-0.25, -0.2) is 0 Å². The van der Waals surface area contributed by atoms with Crippen molar-refractivity contribution in [3.05, 3.63) is 59.7 Å². The summed E-state index contributed by atoms with van der Waals surface area (Å²) in [4.78, 5) is 12.1. The number of rotatable bonds is 10. The second-order valence-electron chi connectivity index (χ2n) is 6.84. The number of benzene rings is 2. The highest BCUT2D eigenvalue weighted by Crippen LogP contribution is 2.28. The van der Waals surface area contributed by atoms with Gasteiger partial charge in [-0.15, -0.1) is 0 Å². The topological polar surface area (TPSA) is 56.8 Å². The summed E-state index contributed by atoms with van der Waals surface area (Å²) in [5.41, 5.74) is 1.87. The number of carbonyl (C=O) groups excluding carboxylic acids is 1. The molecular weight excluding hydrogens is 354 g/mol. The number of carbonyl (C=O) groups is 1. The highest BCUT2D eigenvalue weighted by molar-refractivity contribution is 5.91. The van der Waals surface area contributed by atoms with Crippen LogP contribution < -0.4 is 19.5 Å². The van der Waals surface area contributed by atoms with Crippen LogP contribution in [0.2, 0.25) is 0 Å². The first-order valence-corrected chi connectivity index (χ1v) is 9.41. The molecule has 0 saturated heterocycles. The van der Waals surface area contributed by atoms with Gasteiger partial charge in [0, 0.05) is 12.6 Å². The van der Waals surface area contributed by atoms with Crippen LogP contribution in [0.4, 0.5) is 0 Å². The molecule has 0 fully saturated rings. The fourth-order valence-electron chi connectivity index (χ4n) is 2.48. The first-order valence-electron chi connectivity index (χ1n) is 9.41. The van der Waals surface area contributed by atoms with Gasteiger partial charge in [0.25, 0.3) is 0 Å². The number of hydrogen-bond donors (Lipinski definition) is 1. The van der Waals surface area contributed by atoms with E-state index in [9.17, 15) is 4.79 Å². The monoisotopic (exact) mass is 383 g/mol. The zero-order valence-corrected chi connectivity index (χ0v) is 17.0. The molecule has 0 atom stereocenters. The highest BCUT2D eigenvalue weighted by atomic mass is 16.5. The molecule has 0 unspecified atom stereocenters. The van der Waals surface area contributed by atoms with Crippen molar-refractivity contribution in [3.8, 4) is 17.2 Å². The van der Waals surface area contributed by atoms with Crippen LogP contribution in [-0.4, -0.2) is 26.7 Å². The summed E-state index contributed by atoms with van der Waals surface area (Å²) < 4.78 is 16.3. The molecule has 0 radical (unpaired) electrons. The van der Waals surface area contributed by atoms with E-state index in [1.165, 1.54) is 6.08 Å². The lowest BCUT2D eigenvalue weighted by Crippen LogP contribution is -2.20. The Morgan fingerprint density at radius 1 is 1.04 bits per heavy atom. The summed E-state index contributed by atoms with van der Waals surface area (Å²) in [5.74, 6) is 2.60. The molecule has 28 heavy (non-hydrogen) atoms. The van der Waals surface area contributed by atoms with Crippen molar-refractivity contribution < 1.29 is 19.0 Å². The predicted molar refractivity (Wildman–Crippen MR) is 112 cm³/mol. The lowest BCUT2D eigenvalue weighted by Gasteiger charge is -2.13. The van der Waals surface area contributed by atoms with Crippen LogP contribution in [0.25, 0.3) is 6.08 Å². The molecule has 0 heterocycles. The van der Waals surface area contributed by atoms with Gasteiger partial charge in [-0.2, -0.15) is 0 Å². The minimum atomic E-state index is -0.160. The Bertz CT molecular complexity index is 782. The third kappa shape index (κ3) is 6.99. The Morgan fingerprint density at radius 2 is 1.79 bits per heavy atom. The Kier molecular flexibility index (Phi) is 8.40. The van der Waals surface area contributed by atoms with Crippen molar-refractivity contribution in [2.75, 3.05) is 20.8 Å². The normalized spacial score (nSPS) is 10.9. The van der Waals surface area contributed by atoms with Gasteiger partial charge in [0.1, 0.15) is 5.75 Å². The maximum atomic E-state index is 12.1. The van der Waals surface area contributed by atoms with E-state index in [1.807, 2.05) is 42.5 Å². The summed E-state index contributed by atoms with van der Waals surface area (Å²) in [6, 6.07) is 13.2. The summed E-state index contributed by atoms with van der Waals surface area (Å²) in [6.07, 6.45) is 4.27. The molecule has 0 spiro atoms. The molecule has 0 aliphatic heterocycles. The van der Waals surface area contributed by atoms with E-state index < -0.39 is 0 Å². The van der Waals surface area contributed by atoms with E-state index in [0.717, 1.165) is 29.0 Å². The quantitative estimate of drug-likeness (QED) is 0.616. The van der Waals surface area contributed by atoms with E-state index in [2.05, 4.69) is 19.2 Å². The third-order valence-corrected chi connectivity index (χ3v) is 4.19. The lowest BCUT2D eigenvalue weighted by molar-refractivity contribution is -0.116. The first kappa shape index (κ1) is 21.4. The van der Waals surface area contributed by atoms with Gasteiger partial charge in [0.05, 0.1) is 20.8 Å². The number of nitrogens with one attached hydrogen (secondary N) is 1. The summed E-state index contributed by atoms with van der Waals surface area (Å²) >= 11 is 0. The van der Waals surface area contributed by atoms with E-state index in [-0.39, 0.29) is 5.91 Å². The van der Waals surface area contributed by atoms with Crippen LogP contribution in [0, 0.1) is 5.92 Å².